The number of hydrogen-bond donors (Lipinski definition) is 2. The lowest BCUT2D eigenvalue weighted by atomic mass is 10.0. The van der Waals surface area contributed by atoms with Crippen LogP contribution in [0.4, 0.5) is 0 Å². The first-order valence-electron chi connectivity index (χ1n) is 5.13. The maximum atomic E-state index is 5.65. The first kappa shape index (κ1) is 13.2. The molecule has 0 saturated heterocycles. The van der Waals surface area contributed by atoms with E-state index < -0.39 is 0 Å². The van der Waals surface area contributed by atoms with Crippen LogP contribution in [0.1, 0.15) is 17.2 Å². The maximum Gasteiger partial charge on any atom is 0.0520 e. The molecule has 0 spiro atoms. The summed E-state index contributed by atoms with van der Waals surface area (Å²) < 4.78 is 2.23. The number of nitrogens with one attached hydrogen (secondary N) is 1. The zero-order chi connectivity index (χ0) is 12.3. The summed E-state index contributed by atoms with van der Waals surface area (Å²) in [5, 5.41) is 4.19. The van der Waals surface area contributed by atoms with Crippen molar-refractivity contribution in [2.45, 2.75) is 12.5 Å². The largest absolute Gasteiger partial charge is 0.271 e. The summed E-state index contributed by atoms with van der Waals surface area (Å²) in [5.74, 6) is 5.65. The molecule has 1 atom stereocenters. The smallest absolute Gasteiger partial charge is 0.0520 e. The van der Waals surface area contributed by atoms with E-state index in [-0.39, 0.29) is 6.04 Å². The highest BCUT2D eigenvalue weighted by Crippen LogP contribution is 2.30. The number of nitrogens with two attached hydrogens (primary N) is 1. The van der Waals surface area contributed by atoms with Gasteiger partial charge in [-0.3, -0.25) is 11.3 Å². The average Bonchev–Trinajstić information content (AvgIpc) is 2.75. The molecule has 0 radical (unpaired) electrons. The van der Waals surface area contributed by atoms with E-state index in [1.807, 2.05) is 18.2 Å². The van der Waals surface area contributed by atoms with Gasteiger partial charge in [0.05, 0.1) is 6.04 Å². The van der Waals surface area contributed by atoms with Crippen molar-refractivity contribution in [1.29, 1.82) is 0 Å². The van der Waals surface area contributed by atoms with E-state index in [1.165, 1.54) is 11.1 Å². The first-order chi connectivity index (χ1) is 8.22. The molecule has 2 nitrogen and oxygen atoms in total. The van der Waals surface area contributed by atoms with Crippen molar-refractivity contribution >= 4 is 43.2 Å². The van der Waals surface area contributed by atoms with Crippen LogP contribution < -0.4 is 11.3 Å². The zero-order valence-corrected chi connectivity index (χ0v) is 13.0. The Morgan fingerprint density at radius 3 is 2.53 bits per heavy atom. The minimum absolute atomic E-state index is 0.120. The topological polar surface area (TPSA) is 38.0 Å². The van der Waals surface area contributed by atoms with Crippen LogP contribution in [0.25, 0.3) is 0 Å². The van der Waals surface area contributed by atoms with Crippen molar-refractivity contribution in [3.05, 3.63) is 55.1 Å². The summed E-state index contributed by atoms with van der Waals surface area (Å²) in [7, 11) is 0. The summed E-state index contributed by atoms with van der Waals surface area (Å²) in [6.45, 7) is 0. The first-order valence-corrected chi connectivity index (χ1v) is 7.66. The van der Waals surface area contributed by atoms with Gasteiger partial charge in [0, 0.05) is 14.3 Å². The van der Waals surface area contributed by atoms with Gasteiger partial charge in [0.15, 0.2) is 0 Å². The molecular weight excluding hydrogens is 364 g/mol. The highest BCUT2D eigenvalue weighted by Gasteiger charge is 2.15. The molecule has 0 aliphatic rings. The van der Waals surface area contributed by atoms with Crippen LogP contribution in [0, 0.1) is 0 Å². The van der Waals surface area contributed by atoms with Gasteiger partial charge in [-0.2, -0.15) is 11.3 Å². The Balaban J connectivity index is 2.22. The number of hydrogen-bond acceptors (Lipinski definition) is 3. The zero-order valence-electron chi connectivity index (χ0n) is 8.99. The van der Waals surface area contributed by atoms with Crippen LogP contribution in [0.2, 0.25) is 0 Å². The van der Waals surface area contributed by atoms with Gasteiger partial charge in [0.2, 0.25) is 0 Å². The molecule has 0 aliphatic heterocycles. The lowest BCUT2D eigenvalue weighted by molar-refractivity contribution is 0.551. The van der Waals surface area contributed by atoms with Gasteiger partial charge < -0.3 is 0 Å². The van der Waals surface area contributed by atoms with E-state index in [2.05, 4.69) is 54.1 Å². The highest BCUT2D eigenvalue weighted by atomic mass is 79.9. The predicted octanol–water partition coefficient (Wildman–Crippen LogP) is 4.02. The van der Waals surface area contributed by atoms with E-state index >= 15 is 0 Å². The lowest BCUT2D eigenvalue weighted by Crippen LogP contribution is -2.29. The summed E-state index contributed by atoms with van der Waals surface area (Å²) in [6.07, 6.45) is 0.854. The predicted molar refractivity (Wildman–Crippen MR) is 79.9 cm³/mol. The van der Waals surface area contributed by atoms with Gasteiger partial charge in [-0.25, -0.2) is 0 Å². The summed E-state index contributed by atoms with van der Waals surface area (Å²) >= 11 is 8.77. The van der Waals surface area contributed by atoms with Gasteiger partial charge in [0.1, 0.15) is 0 Å². The van der Waals surface area contributed by atoms with E-state index in [0.29, 0.717) is 0 Å². The maximum absolute atomic E-state index is 5.65. The van der Waals surface area contributed by atoms with Crippen molar-refractivity contribution in [3.63, 3.8) is 0 Å². The molecule has 17 heavy (non-hydrogen) atoms. The van der Waals surface area contributed by atoms with E-state index in [1.54, 1.807) is 11.3 Å². The Labute approximate surface area is 121 Å². The third kappa shape index (κ3) is 3.17. The van der Waals surface area contributed by atoms with Gasteiger partial charge in [-0.05, 0) is 44.9 Å². The molecule has 2 aromatic rings. The normalized spacial score (nSPS) is 12.6. The summed E-state index contributed by atoms with van der Waals surface area (Å²) in [4.78, 5) is 0. The number of thiophene rings is 1. The third-order valence-corrected chi connectivity index (χ3v) is 5.13. The number of halogens is 2. The van der Waals surface area contributed by atoms with Crippen molar-refractivity contribution in [1.82, 2.24) is 5.43 Å². The molecule has 1 heterocycles. The average molecular weight is 376 g/mol. The van der Waals surface area contributed by atoms with E-state index in [4.69, 9.17) is 5.84 Å². The Hall–Kier alpha value is -0.200. The Morgan fingerprint density at radius 1 is 1.18 bits per heavy atom. The van der Waals surface area contributed by atoms with Gasteiger partial charge in [0.25, 0.3) is 0 Å². The molecule has 2 rings (SSSR count). The third-order valence-electron chi connectivity index (χ3n) is 2.60. The standard InChI is InChI=1S/C12H12Br2N2S/c13-10-4-2-1-3-8(10)5-12(16-15)9-6-17-7-11(9)14/h1-4,6-7,12,16H,5,15H2. The van der Waals surface area contributed by atoms with Crippen molar-refractivity contribution in [2.24, 2.45) is 5.84 Å². The second-order valence-corrected chi connectivity index (χ2v) is 6.14. The van der Waals surface area contributed by atoms with Crippen molar-refractivity contribution in [3.8, 4) is 0 Å². The van der Waals surface area contributed by atoms with Gasteiger partial charge >= 0.3 is 0 Å². The number of benzene rings is 1. The minimum Gasteiger partial charge on any atom is -0.271 e. The summed E-state index contributed by atoms with van der Waals surface area (Å²) in [6, 6.07) is 8.32. The molecule has 0 bridgehead atoms. The van der Waals surface area contributed by atoms with Crippen LogP contribution in [0.5, 0.6) is 0 Å². The van der Waals surface area contributed by atoms with E-state index in [9.17, 15) is 0 Å². The van der Waals surface area contributed by atoms with Crippen LogP contribution in [0.15, 0.2) is 44.0 Å². The molecule has 0 amide bonds. The Bertz CT molecular complexity index is 499. The molecular formula is C12H12Br2N2S. The Kier molecular flexibility index (Phi) is 4.76. The Morgan fingerprint density at radius 2 is 1.94 bits per heavy atom. The molecule has 1 unspecified atom stereocenters. The second-order valence-electron chi connectivity index (χ2n) is 3.69. The van der Waals surface area contributed by atoms with Gasteiger partial charge in [-0.1, -0.05) is 34.1 Å². The molecule has 1 aromatic heterocycles. The monoisotopic (exact) mass is 374 g/mol. The van der Waals surface area contributed by atoms with Crippen LogP contribution >= 0.6 is 43.2 Å². The minimum atomic E-state index is 0.120. The fourth-order valence-electron chi connectivity index (χ4n) is 1.68. The fourth-order valence-corrected chi connectivity index (χ4v) is 3.76. The summed E-state index contributed by atoms with van der Waals surface area (Å²) in [5.41, 5.74) is 5.32. The molecule has 3 N–H and O–H groups in total. The van der Waals surface area contributed by atoms with Crippen molar-refractivity contribution < 1.29 is 0 Å². The lowest BCUT2D eigenvalue weighted by Gasteiger charge is -2.16. The molecule has 0 fully saturated rings. The molecule has 1 aromatic carbocycles. The molecule has 0 aliphatic carbocycles. The fraction of sp³-hybridized carbons (Fsp3) is 0.167. The highest BCUT2D eigenvalue weighted by molar-refractivity contribution is 9.10. The second kappa shape index (κ2) is 6.11. The van der Waals surface area contributed by atoms with Crippen LogP contribution in [-0.2, 0) is 6.42 Å². The molecule has 90 valence electrons. The van der Waals surface area contributed by atoms with Crippen LogP contribution in [-0.4, -0.2) is 0 Å². The molecule has 0 saturated carbocycles. The quantitative estimate of drug-likeness (QED) is 0.625. The number of rotatable bonds is 4. The van der Waals surface area contributed by atoms with Gasteiger partial charge in [-0.15, -0.1) is 0 Å². The van der Waals surface area contributed by atoms with Crippen LogP contribution in [0.3, 0.4) is 0 Å². The molecule has 5 heteroatoms. The SMILES string of the molecule is NNC(Cc1ccccc1Br)c1cscc1Br. The number of hydrazine groups is 1. The van der Waals surface area contributed by atoms with Crippen molar-refractivity contribution in [2.75, 3.05) is 0 Å². The van der Waals surface area contributed by atoms with E-state index in [0.717, 1.165) is 15.4 Å².